The second-order valence-electron chi connectivity index (χ2n) is 15.4. The van der Waals surface area contributed by atoms with Crippen LogP contribution in [0.5, 0.6) is 0 Å². The highest BCUT2D eigenvalue weighted by Crippen LogP contribution is 2.40. The van der Waals surface area contributed by atoms with Crippen LogP contribution in [-0.4, -0.2) is 0 Å². The molecule has 60 heavy (non-hydrogen) atoms. The molecule has 0 unspecified atom stereocenters. The second kappa shape index (κ2) is 17.1. The first-order valence-electron chi connectivity index (χ1n) is 20.6. The van der Waals surface area contributed by atoms with Crippen LogP contribution >= 0.6 is 0 Å². The van der Waals surface area contributed by atoms with Gasteiger partial charge in [0.2, 0.25) is 0 Å². The predicted molar refractivity (Wildman–Crippen MR) is 256 cm³/mol. The molecule has 9 aromatic carbocycles. The fraction of sp³-hybridized carbons (Fsp3) is 0.0526. The van der Waals surface area contributed by atoms with Gasteiger partial charge in [0.05, 0.1) is 0 Å². The molecule has 0 saturated heterocycles. The van der Waals surface area contributed by atoms with Gasteiger partial charge in [0, 0.05) is 51.2 Å². The second-order valence-corrected chi connectivity index (χ2v) is 15.4. The third-order valence-electron chi connectivity index (χ3n) is 11.1. The third kappa shape index (κ3) is 8.20. The lowest BCUT2D eigenvalue weighted by Gasteiger charge is -2.26. The minimum absolute atomic E-state index is 1.10. The summed E-state index contributed by atoms with van der Waals surface area (Å²) in [7, 11) is 0. The number of aryl methyl sites for hydroxylation is 3. The molecular weight excluding hydrogens is 727 g/mol. The average Bonchev–Trinajstić information content (AvgIpc) is 3.30. The predicted octanol–water partition coefficient (Wildman–Crippen LogP) is 16.4. The molecule has 9 rings (SSSR count). The molecule has 0 fully saturated rings. The number of anilines is 9. The molecule has 290 valence electrons. The quantitative estimate of drug-likeness (QED) is 0.130. The van der Waals surface area contributed by atoms with E-state index in [-0.39, 0.29) is 0 Å². The van der Waals surface area contributed by atoms with Gasteiger partial charge in [-0.2, -0.15) is 0 Å². The van der Waals surface area contributed by atoms with Crippen LogP contribution in [0.3, 0.4) is 0 Å². The maximum atomic E-state index is 2.33. The summed E-state index contributed by atoms with van der Waals surface area (Å²) in [5.74, 6) is 0. The van der Waals surface area contributed by atoms with Crippen LogP contribution < -0.4 is 14.7 Å². The molecule has 0 aliphatic rings. The van der Waals surface area contributed by atoms with Crippen molar-refractivity contribution in [2.75, 3.05) is 14.7 Å². The van der Waals surface area contributed by atoms with Crippen LogP contribution in [0.1, 0.15) is 16.7 Å². The largest absolute Gasteiger partial charge is 0.311 e. The SMILES string of the molecule is Cc1ccc(N(c2ccccc2)c2ccc(-c3ccc(N(c4ccc(C)cc4)c4ccc(-c5ccc(N(c6ccccc6)c6ccc(C)cc6)cc5)cc4)cc3)cc2)cc1. The molecule has 0 saturated carbocycles. The third-order valence-corrected chi connectivity index (χ3v) is 11.1. The summed E-state index contributed by atoms with van der Waals surface area (Å²) in [5, 5.41) is 0. The fourth-order valence-electron chi connectivity index (χ4n) is 7.79. The minimum Gasteiger partial charge on any atom is -0.311 e. The average molecular weight is 774 g/mol. The number of benzene rings is 9. The molecule has 0 aliphatic carbocycles. The molecule has 0 N–H and O–H groups in total. The van der Waals surface area contributed by atoms with E-state index in [1.54, 1.807) is 0 Å². The van der Waals surface area contributed by atoms with Gasteiger partial charge < -0.3 is 14.7 Å². The Morgan fingerprint density at radius 2 is 0.350 bits per heavy atom. The highest BCUT2D eigenvalue weighted by molar-refractivity contribution is 5.83. The van der Waals surface area contributed by atoms with E-state index in [2.05, 4.69) is 266 Å². The van der Waals surface area contributed by atoms with Gasteiger partial charge in [0.1, 0.15) is 0 Å². The number of para-hydroxylation sites is 2. The van der Waals surface area contributed by atoms with Crippen molar-refractivity contribution in [2.24, 2.45) is 0 Å². The first-order chi connectivity index (χ1) is 29.5. The molecule has 0 spiro atoms. The highest BCUT2D eigenvalue weighted by Gasteiger charge is 2.16. The van der Waals surface area contributed by atoms with E-state index in [0.717, 1.165) is 51.2 Å². The van der Waals surface area contributed by atoms with Crippen molar-refractivity contribution in [1.29, 1.82) is 0 Å². The summed E-state index contributed by atoms with van der Waals surface area (Å²) < 4.78 is 0. The monoisotopic (exact) mass is 773 g/mol. The molecule has 0 bridgehead atoms. The van der Waals surface area contributed by atoms with E-state index in [9.17, 15) is 0 Å². The maximum absolute atomic E-state index is 2.33. The van der Waals surface area contributed by atoms with E-state index in [1.165, 1.54) is 38.9 Å². The van der Waals surface area contributed by atoms with Crippen LogP contribution in [-0.2, 0) is 0 Å². The van der Waals surface area contributed by atoms with Crippen LogP contribution in [0.4, 0.5) is 51.2 Å². The molecule has 9 aromatic rings. The fourth-order valence-corrected chi connectivity index (χ4v) is 7.79. The Labute approximate surface area is 354 Å². The topological polar surface area (TPSA) is 9.72 Å². The Hall–Kier alpha value is -7.62. The molecular formula is C57H47N3. The van der Waals surface area contributed by atoms with Gasteiger partial charge >= 0.3 is 0 Å². The van der Waals surface area contributed by atoms with Crippen molar-refractivity contribution in [3.05, 3.63) is 247 Å². The summed E-state index contributed by atoms with van der Waals surface area (Å²) >= 11 is 0. The van der Waals surface area contributed by atoms with Crippen molar-refractivity contribution in [3.63, 3.8) is 0 Å². The van der Waals surface area contributed by atoms with Crippen LogP contribution in [0, 0.1) is 20.8 Å². The van der Waals surface area contributed by atoms with E-state index in [0.29, 0.717) is 0 Å². The number of nitrogens with zero attached hydrogens (tertiary/aromatic N) is 3. The van der Waals surface area contributed by atoms with Gasteiger partial charge in [-0.3, -0.25) is 0 Å². The van der Waals surface area contributed by atoms with E-state index in [4.69, 9.17) is 0 Å². The molecule has 0 radical (unpaired) electrons. The van der Waals surface area contributed by atoms with Crippen molar-refractivity contribution < 1.29 is 0 Å². The molecule has 0 aromatic heterocycles. The van der Waals surface area contributed by atoms with Gasteiger partial charge in [-0.05, 0) is 152 Å². The van der Waals surface area contributed by atoms with Crippen molar-refractivity contribution in [1.82, 2.24) is 0 Å². The van der Waals surface area contributed by atoms with E-state index in [1.807, 2.05) is 0 Å². The molecule has 0 aliphatic heterocycles. The Balaban J connectivity index is 0.979. The zero-order valence-electron chi connectivity index (χ0n) is 34.3. The Morgan fingerprint density at radius 3 is 0.550 bits per heavy atom. The standard InChI is InChI=1S/C57H47N3/c1-42-14-28-51(29-15-42)58(49-10-6-4-7-11-49)54-34-20-45(21-35-54)47-24-38-56(39-25-47)60(53-32-18-44(3)19-33-53)57-40-26-48(27-41-57)46-22-36-55(37-23-46)59(50-12-8-5-9-13-50)52-30-16-43(2)17-31-52/h4-41H,1-3H3. The summed E-state index contributed by atoms with van der Waals surface area (Å²) in [6.07, 6.45) is 0. The smallest absolute Gasteiger partial charge is 0.0462 e. The van der Waals surface area contributed by atoms with Crippen molar-refractivity contribution in [2.45, 2.75) is 20.8 Å². The number of hydrogen-bond acceptors (Lipinski definition) is 3. The van der Waals surface area contributed by atoms with E-state index >= 15 is 0 Å². The van der Waals surface area contributed by atoms with E-state index < -0.39 is 0 Å². The Kier molecular flexibility index (Phi) is 10.8. The molecule has 3 heteroatoms. The lowest BCUT2D eigenvalue weighted by atomic mass is 10.0. The zero-order valence-corrected chi connectivity index (χ0v) is 34.3. The van der Waals surface area contributed by atoms with Crippen LogP contribution in [0.15, 0.2) is 231 Å². The summed E-state index contributed by atoms with van der Waals surface area (Å²) in [6, 6.07) is 82.9. The molecule has 3 nitrogen and oxygen atoms in total. The van der Waals surface area contributed by atoms with Crippen molar-refractivity contribution in [3.8, 4) is 22.3 Å². The van der Waals surface area contributed by atoms with Crippen LogP contribution in [0.2, 0.25) is 0 Å². The normalized spacial score (nSPS) is 10.9. The summed E-state index contributed by atoms with van der Waals surface area (Å²) in [5.41, 5.74) is 18.5. The van der Waals surface area contributed by atoms with Gasteiger partial charge in [-0.25, -0.2) is 0 Å². The number of rotatable bonds is 11. The molecule has 0 amide bonds. The summed E-state index contributed by atoms with van der Waals surface area (Å²) in [4.78, 5) is 6.94. The zero-order chi connectivity index (χ0) is 40.8. The van der Waals surface area contributed by atoms with Gasteiger partial charge in [-0.15, -0.1) is 0 Å². The van der Waals surface area contributed by atoms with Gasteiger partial charge in [0.25, 0.3) is 0 Å². The first kappa shape index (κ1) is 37.9. The van der Waals surface area contributed by atoms with Crippen molar-refractivity contribution >= 4 is 51.2 Å². The highest BCUT2D eigenvalue weighted by atomic mass is 15.2. The van der Waals surface area contributed by atoms with Gasteiger partial charge in [-0.1, -0.05) is 138 Å². The summed E-state index contributed by atoms with van der Waals surface area (Å²) in [6.45, 7) is 6.38. The minimum atomic E-state index is 1.10. The molecule has 0 atom stereocenters. The lowest BCUT2D eigenvalue weighted by molar-refractivity contribution is 1.27. The molecule has 0 heterocycles. The number of hydrogen-bond donors (Lipinski definition) is 0. The van der Waals surface area contributed by atoms with Crippen LogP contribution in [0.25, 0.3) is 22.3 Å². The Morgan fingerprint density at radius 1 is 0.183 bits per heavy atom. The lowest BCUT2D eigenvalue weighted by Crippen LogP contribution is -2.10. The van der Waals surface area contributed by atoms with Gasteiger partial charge in [0.15, 0.2) is 0 Å². The Bertz CT molecular complexity index is 2590. The maximum Gasteiger partial charge on any atom is 0.0462 e. The first-order valence-corrected chi connectivity index (χ1v) is 20.6.